The van der Waals surface area contributed by atoms with Crippen molar-refractivity contribution in [3.63, 3.8) is 0 Å². The highest BCUT2D eigenvalue weighted by molar-refractivity contribution is 7.13. The fourth-order valence-electron chi connectivity index (χ4n) is 1.63. The first-order valence-corrected chi connectivity index (χ1v) is 6.29. The zero-order valence-electron chi connectivity index (χ0n) is 9.06. The van der Waals surface area contributed by atoms with Crippen LogP contribution in [-0.4, -0.2) is 19.3 Å². The Morgan fingerprint density at radius 1 is 1.35 bits per heavy atom. The van der Waals surface area contributed by atoms with Gasteiger partial charge in [-0.05, 0) is 23.6 Å². The largest absolute Gasteiger partial charge is 0.490 e. The molecule has 1 aromatic heterocycles. The summed E-state index contributed by atoms with van der Waals surface area (Å²) >= 11 is 1.50. The van der Waals surface area contributed by atoms with Crippen LogP contribution in [0.4, 0.5) is 4.39 Å². The number of rotatable bonds is 4. The van der Waals surface area contributed by atoms with Gasteiger partial charge >= 0.3 is 0 Å². The topological polar surface area (TPSA) is 21.8 Å². The van der Waals surface area contributed by atoms with Crippen molar-refractivity contribution in [1.29, 1.82) is 0 Å². The van der Waals surface area contributed by atoms with Crippen LogP contribution in [0.15, 0.2) is 35.7 Å². The minimum absolute atomic E-state index is 0.175. The maximum atomic E-state index is 13.8. The molecule has 0 amide bonds. The van der Waals surface area contributed by atoms with Crippen molar-refractivity contribution < 1.29 is 13.9 Å². The maximum Gasteiger partial charge on any atom is 0.135 e. The Bertz CT molecular complexity index is 506. The van der Waals surface area contributed by atoms with E-state index in [1.165, 1.54) is 17.4 Å². The summed E-state index contributed by atoms with van der Waals surface area (Å²) in [5.74, 6) is 0.338. The highest BCUT2D eigenvalue weighted by Crippen LogP contribution is 2.35. The van der Waals surface area contributed by atoms with Gasteiger partial charge in [-0.15, -0.1) is 11.3 Å². The van der Waals surface area contributed by atoms with Crippen molar-refractivity contribution in [2.45, 2.75) is 6.10 Å². The number of hydrogen-bond donors (Lipinski definition) is 0. The quantitative estimate of drug-likeness (QED) is 0.776. The van der Waals surface area contributed by atoms with Crippen LogP contribution in [0.1, 0.15) is 0 Å². The third kappa shape index (κ3) is 2.33. The third-order valence-electron chi connectivity index (χ3n) is 2.57. The van der Waals surface area contributed by atoms with E-state index in [9.17, 15) is 4.39 Å². The van der Waals surface area contributed by atoms with Crippen molar-refractivity contribution >= 4 is 11.3 Å². The lowest BCUT2D eigenvalue weighted by molar-refractivity contribution is 0.263. The molecule has 3 rings (SSSR count). The minimum atomic E-state index is -0.248. The van der Waals surface area contributed by atoms with E-state index in [4.69, 9.17) is 9.47 Å². The molecule has 0 unspecified atom stereocenters. The minimum Gasteiger partial charge on any atom is -0.490 e. The Balaban J connectivity index is 1.92. The van der Waals surface area contributed by atoms with Crippen LogP contribution in [0.3, 0.4) is 0 Å². The molecular weight excluding hydrogens is 239 g/mol. The van der Waals surface area contributed by atoms with Crippen molar-refractivity contribution in [2.24, 2.45) is 0 Å². The Hall–Kier alpha value is -1.39. The van der Waals surface area contributed by atoms with Gasteiger partial charge in [-0.2, -0.15) is 0 Å². The molecule has 0 aliphatic carbocycles. The van der Waals surface area contributed by atoms with Crippen LogP contribution < -0.4 is 4.74 Å². The van der Waals surface area contributed by atoms with Crippen LogP contribution in [0.2, 0.25) is 0 Å². The number of hydrogen-bond acceptors (Lipinski definition) is 3. The van der Waals surface area contributed by atoms with Crippen LogP contribution in [0.25, 0.3) is 10.4 Å². The van der Waals surface area contributed by atoms with Gasteiger partial charge in [0.05, 0.1) is 12.2 Å². The summed E-state index contributed by atoms with van der Waals surface area (Å²) < 4.78 is 24.5. The summed E-state index contributed by atoms with van der Waals surface area (Å²) in [6, 6.07) is 8.70. The van der Waals surface area contributed by atoms with Gasteiger partial charge in [-0.25, -0.2) is 4.39 Å². The summed E-state index contributed by atoms with van der Waals surface area (Å²) in [4.78, 5) is 0.884. The second-order valence-corrected chi connectivity index (χ2v) is 4.80. The summed E-state index contributed by atoms with van der Waals surface area (Å²) in [5.41, 5.74) is 0.545. The maximum absolute atomic E-state index is 13.8. The molecule has 1 saturated heterocycles. The van der Waals surface area contributed by atoms with E-state index in [1.54, 1.807) is 12.1 Å². The molecule has 0 N–H and O–H groups in total. The third-order valence-corrected chi connectivity index (χ3v) is 3.46. The predicted octanol–water partition coefficient (Wildman–Crippen LogP) is 3.33. The Kier molecular flexibility index (Phi) is 2.82. The van der Waals surface area contributed by atoms with Crippen LogP contribution in [0, 0.1) is 5.82 Å². The van der Waals surface area contributed by atoms with E-state index in [1.807, 2.05) is 17.5 Å². The van der Waals surface area contributed by atoms with E-state index in [-0.39, 0.29) is 11.9 Å². The number of benzene rings is 1. The van der Waals surface area contributed by atoms with Crippen LogP contribution in [-0.2, 0) is 4.74 Å². The number of ether oxygens (including phenoxy) is 2. The lowest BCUT2D eigenvalue weighted by atomic mass is 10.1. The molecule has 0 saturated carbocycles. The van der Waals surface area contributed by atoms with E-state index in [0.717, 1.165) is 11.5 Å². The van der Waals surface area contributed by atoms with Gasteiger partial charge in [-0.3, -0.25) is 0 Å². The molecule has 1 aromatic carbocycles. The van der Waals surface area contributed by atoms with Crippen molar-refractivity contribution in [3.8, 4) is 16.2 Å². The SMILES string of the molecule is Fc1cccc(OC[C@@H]2CO2)c1-c1cccs1. The fraction of sp³-hybridized carbons (Fsp3) is 0.231. The zero-order valence-corrected chi connectivity index (χ0v) is 9.87. The van der Waals surface area contributed by atoms with Crippen LogP contribution >= 0.6 is 11.3 Å². The molecule has 2 nitrogen and oxygen atoms in total. The normalized spacial score (nSPS) is 18.1. The zero-order chi connectivity index (χ0) is 11.7. The van der Waals surface area contributed by atoms with Crippen LogP contribution in [0.5, 0.6) is 5.75 Å². The molecule has 1 fully saturated rings. The Morgan fingerprint density at radius 2 is 2.24 bits per heavy atom. The van der Waals surface area contributed by atoms with Gasteiger partial charge in [0.2, 0.25) is 0 Å². The first-order chi connectivity index (χ1) is 8.34. The second kappa shape index (κ2) is 4.47. The average molecular weight is 250 g/mol. The van der Waals surface area contributed by atoms with Gasteiger partial charge in [0.1, 0.15) is 24.3 Å². The molecule has 1 atom stereocenters. The Labute approximate surface area is 103 Å². The molecule has 2 heterocycles. The molecule has 17 heavy (non-hydrogen) atoms. The molecule has 0 radical (unpaired) electrons. The van der Waals surface area contributed by atoms with Crippen molar-refractivity contribution in [2.75, 3.05) is 13.2 Å². The summed E-state index contributed by atoms with van der Waals surface area (Å²) in [6.45, 7) is 1.23. The molecular formula is C13H11FO2S. The average Bonchev–Trinajstić information content (AvgIpc) is 3.01. The second-order valence-electron chi connectivity index (χ2n) is 3.86. The molecule has 2 aromatic rings. The molecule has 4 heteroatoms. The van der Waals surface area contributed by atoms with Crippen molar-refractivity contribution in [3.05, 3.63) is 41.5 Å². The first kappa shape index (κ1) is 10.7. The fourth-order valence-corrected chi connectivity index (χ4v) is 2.41. The number of epoxide rings is 1. The lowest BCUT2D eigenvalue weighted by Crippen LogP contribution is -2.05. The smallest absolute Gasteiger partial charge is 0.135 e. The monoisotopic (exact) mass is 250 g/mol. The van der Waals surface area contributed by atoms with Crippen molar-refractivity contribution in [1.82, 2.24) is 0 Å². The lowest BCUT2D eigenvalue weighted by Gasteiger charge is -2.10. The summed E-state index contributed by atoms with van der Waals surface area (Å²) in [7, 11) is 0. The molecule has 0 spiro atoms. The highest BCUT2D eigenvalue weighted by atomic mass is 32.1. The van der Waals surface area contributed by atoms with Gasteiger partial charge in [0.15, 0.2) is 0 Å². The molecule has 0 bridgehead atoms. The number of halogens is 1. The van der Waals surface area contributed by atoms with Gasteiger partial charge < -0.3 is 9.47 Å². The summed E-state index contributed by atoms with van der Waals surface area (Å²) in [5, 5.41) is 1.93. The standard InChI is InChI=1S/C13H11FO2S/c14-10-3-1-4-11(16-8-9-7-15-9)13(10)12-5-2-6-17-12/h1-6,9H,7-8H2/t9-/m0/s1. The van der Waals surface area contributed by atoms with E-state index in [0.29, 0.717) is 17.9 Å². The molecule has 1 aliphatic heterocycles. The van der Waals surface area contributed by atoms with Gasteiger partial charge in [0.25, 0.3) is 0 Å². The number of thiophene rings is 1. The van der Waals surface area contributed by atoms with Gasteiger partial charge in [0, 0.05) is 4.88 Å². The predicted molar refractivity (Wildman–Crippen MR) is 64.9 cm³/mol. The summed E-state index contributed by atoms with van der Waals surface area (Å²) in [6.07, 6.45) is 0.175. The Morgan fingerprint density at radius 3 is 2.94 bits per heavy atom. The van der Waals surface area contributed by atoms with E-state index < -0.39 is 0 Å². The van der Waals surface area contributed by atoms with E-state index in [2.05, 4.69) is 0 Å². The van der Waals surface area contributed by atoms with E-state index >= 15 is 0 Å². The highest BCUT2D eigenvalue weighted by Gasteiger charge is 2.24. The first-order valence-electron chi connectivity index (χ1n) is 5.41. The molecule has 1 aliphatic rings. The molecule has 88 valence electrons. The van der Waals surface area contributed by atoms with Gasteiger partial charge in [-0.1, -0.05) is 12.1 Å².